The molecule has 1 unspecified atom stereocenters. The monoisotopic (exact) mass is 370 g/mol. The molecule has 3 rings (SSSR count). The molecular formula is C22H30N2O3. The summed E-state index contributed by atoms with van der Waals surface area (Å²) in [6.45, 7) is 7.43. The fourth-order valence-corrected chi connectivity index (χ4v) is 3.40. The summed E-state index contributed by atoms with van der Waals surface area (Å²) in [6, 6.07) is 12.2. The molecule has 0 aliphatic carbocycles. The van der Waals surface area contributed by atoms with E-state index in [1.54, 1.807) is 7.11 Å². The van der Waals surface area contributed by atoms with Crippen molar-refractivity contribution in [2.75, 3.05) is 20.3 Å². The van der Waals surface area contributed by atoms with Crippen LogP contribution in [0.2, 0.25) is 0 Å². The summed E-state index contributed by atoms with van der Waals surface area (Å²) < 4.78 is 17.2. The molecule has 1 aliphatic heterocycles. The van der Waals surface area contributed by atoms with Crippen molar-refractivity contribution in [1.29, 1.82) is 0 Å². The van der Waals surface area contributed by atoms with E-state index in [-0.39, 0.29) is 6.10 Å². The highest BCUT2D eigenvalue weighted by molar-refractivity contribution is 5.43. The lowest BCUT2D eigenvalue weighted by Crippen LogP contribution is -2.31. The summed E-state index contributed by atoms with van der Waals surface area (Å²) in [6.07, 6.45) is 4.55. The molecule has 1 saturated heterocycles. The fourth-order valence-electron chi connectivity index (χ4n) is 3.40. The lowest BCUT2D eigenvalue weighted by Gasteiger charge is -2.25. The van der Waals surface area contributed by atoms with Crippen molar-refractivity contribution < 1.29 is 14.2 Å². The minimum Gasteiger partial charge on any atom is -0.493 e. The summed E-state index contributed by atoms with van der Waals surface area (Å²) in [4.78, 5) is 6.89. The van der Waals surface area contributed by atoms with E-state index < -0.39 is 0 Å². The van der Waals surface area contributed by atoms with Gasteiger partial charge in [0, 0.05) is 32.4 Å². The predicted molar refractivity (Wildman–Crippen MR) is 106 cm³/mol. The molecule has 1 atom stereocenters. The van der Waals surface area contributed by atoms with Crippen LogP contribution in [0.1, 0.15) is 37.9 Å². The molecule has 2 heterocycles. The molecule has 1 aliphatic rings. The van der Waals surface area contributed by atoms with Crippen LogP contribution < -0.4 is 9.47 Å². The van der Waals surface area contributed by atoms with Crippen molar-refractivity contribution in [3.8, 4) is 11.5 Å². The Labute approximate surface area is 162 Å². The zero-order chi connectivity index (χ0) is 19.1. The van der Waals surface area contributed by atoms with Crippen molar-refractivity contribution >= 4 is 0 Å². The van der Waals surface area contributed by atoms with E-state index in [1.165, 1.54) is 5.56 Å². The van der Waals surface area contributed by atoms with Gasteiger partial charge in [0.25, 0.3) is 0 Å². The van der Waals surface area contributed by atoms with E-state index in [4.69, 9.17) is 14.2 Å². The molecule has 1 aromatic carbocycles. The van der Waals surface area contributed by atoms with Crippen molar-refractivity contribution in [2.45, 2.75) is 52.0 Å². The first-order valence-electron chi connectivity index (χ1n) is 9.71. The van der Waals surface area contributed by atoms with Gasteiger partial charge in [-0.25, -0.2) is 0 Å². The highest BCUT2D eigenvalue weighted by atomic mass is 16.5. The first-order chi connectivity index (χ1) is 13.1. The molecule has 0 spiro atoms. The van der Waals surface area contributed by atoms with Crippen LogP contribution in [0, 0.1) is 0 Å². The van der Waals surface area contributed by atoms with E-state index in [2.05, 4.69) is 28.1 Å². The minimum atomic E-state index is 0.116. The summed E-state index contributed by atoms with van der Waals surface area (Å²) in [5, 5.41) is 0. The first-order valence-corrected chi connectivity index (χ1v) is 9.71. The third kappa shape index (κ3) is 5.94. The number of ether oxygens (including phenoxy) is 3. The zero-order valence-electron chi connectivity index (χ0n) is 16.6. The minimum absolute atomic E-state index is 0.116. The normalized spacial score (nSPS) is 16.9. The zero-order valence-corrected chi connectivity index (χ0v) is 16.6. The quantitative estimate of drug-likeness (QED) is 0.666. The molecule has 1 aromatic heterocycles. The third-order valence-corrected chi connectivity index (χ3v) is 4.59. The van der Waals surface area contributed by atoms with Crippen molar-refractivity contribution in [3.05, 3.63) is 53.9 Å². The average Bonchev–Trinajstić information content (AvgIpc) is 3.16. The molecule has 27 heavy (non-hydrogen) atoms. The molecule has 0 bridgehead atoms. The topological polar surface area (TPSA) is 43.8 Å². The summed E-state index contributed by atoms with van der Waals surface area (Å²) in [5.41, 5.74) is 2.26. The van der Waals surface area contributed by atoms with Gasteiger partial charge < -0.3 is 14.2 Å². The largest absolute Gasteiger partial charge is 0.493 e. The van der Waals surface area contributed by atoms with E-state index in [0.29, 0.717) is 6.10 Å². The second-order valence-corrected chi connectivity index (χ2v) is 7.28. The Kier molecular flexibility index (Phi) is 7.07. The van der Waals surface area contributed by atoms with Crippen LogP contribution in [0.25, 0.3) is 0 Å². The van der Waals surface area contributed by atoms with Crippen molar-refractivity contribution in [1.82, 2.24) is 9.88 Å². The van der Waals surface area contributed by atoms with Crippen molar-refractivity contribution in [2.24, 2.45) is 0 Å². The summed E-state index contributed by atoms with van der Waals surface area (Å²) in [7, 11) is 1.68. The van der Waals surface area contributed by atoms with Crippen LogP contribution in [-0.2, 0) is 17.8 Å². The predicted octanol–water partition coefficient (Wildman–Crippen LogP) is 4.06. The fraction of sp³-hybridized carbons (Fsp3) is 0.500. The lowest BCUT2D eigenvalue weighted by atomic mass is 10.1. The van der Waals surface area contributed by atoms with Crippen LogP contribution in [0.5, 0.6) is 11.5 Å². The average molecular weight is 370 g/mol. The van der Waals surface area contributed by atoms with Gasteiger partial charge >= 0.3 is 0 Å². The SMILES string of the molecule is COc1cc(CN(Cc2ccccn2)CC2CCCO2)ccc1OC(C)C. The smallest absolute Gasteiger partial charge is 0.161 e. The van der Waals surface area contributed by atoms with Crippen LogP contribution in [0.15, 0.2) is 42.6 Å². The van der Waals surface area contributed by atoms with Gasteiger partial charge in [-0.1, -0.05) is 12.1 Å². The second-order valence-electron chi connectivity index (χ2n) is 7.28. The highest BCUT2D eigenvalue weighted by Gasteiger charge is 2.20. The van der Waals surface area contributed by atoms with E-state index in [1.807, 2.05) is 38.2 Å². The number of methoxy groups -OCH3 is 1. The Morgan fingerprint density at radius 2 is 2.07 bits per heavy atom. The molecule has 1 fully saturated rings. The molecule has 146 valence electrons. The van der Waals surface area contributed by atoms with Gasteiger partial charge in [0.15, 0.2) is 11.5 Å². The maximum absolute atomic E-state index is 5.86. The third-order valence-electron chi connectivity index (χ3n) is 4.59. The molecule has 5 heteroatoms. The number of rotatable bonds is 9. The Hall–Kier alpha value is -2.11. The molecule has 5 nitrogen and oxygen atoms in total. The molecule has 2 aromatic rings. The number of pyridine rings is 1. The van der Waals surface area contributed by atoms with Crippen molar-refractivity contribution in [3.63, 3.8) is 0 Å². The van der Waals surface area contributed by atoms with Gasteiger partial charge in [0.05, 0.1) is 25.0 Å². The van der Waals surface area contributed by atoms with Crippen LogP contribution in [0.3, 0.4) is 0 Å². The number of nitrogens with zero attached hydrogens (tertiary/aromatic N) is 2. The standard InChI is InChI=1S/C22H30N2O3/c1-17(2)27-21-10-9-18(13-22(21)25-3)14-24(16-20-8-6-12-26-20)15-19-7-4-5-11-23-19/h4-5,7,9-11,13,17,20H,6,8,12,14-16H2,1-3H3. The molecule has 0 radical (unpaired) electrons. The Morgan fingerprint density at radius 3 is 2.74 bits per heavy atom. The molecular weight excluding hydrogens is 340 g/mol. The van der Waals surface area contributed by atoms with Gasteiger partial charge in [-0.05, 0) is 56.5 Å². The highest BCUT2D eigenvalue weighted by Crippen LogP contribution is 2.29. The lowest BCUT2D eigenvalue weighted by molar-refractivity contribution is 0.0674. The Morgan fingerprint density at radius 1 is 1.19 bits per heavy atom. The number of hydrogen-bond donors (Lipinski definition) is 0. The molecule has 0 N–H and O–H groups in total. The van der Waals surface area contributed by atoms with E-state index in [0.717, 1.165) is 56.3 Å². The number of aromatic nitrogens is 1. The summed E-state index contributed by atoms with van der Waals surface area (Å²) >= 11 is 0. The number of hydrogen-bond acceptors (Lipinski definition) is 5. The Balaban J connectivity index is 1.73. The van der Waals surface area contributed by atoms with Gasteiger partial charge in [0.1, 0.15) is 0 Å². The van der Waals surface area contributed by atoms with Gasteiger partial charge in [-0.15, -0.1) is 0 Å². The van der Waals surface area contributed by atoms with E-state index >= 15 is 0 Å². The first kappa shape index (κ1) is 19.6. The van der Waals surface area contributed by atoms with Gasteiger partial charge in [-0.2, -0.15) is 0 Å². The second kappa shape index (κ2) is 9.72. The van der Waals surface area contributed by atoms with Crippen LogP contribution in [0.4, 0.5) is 0 Å². The maximum Gasteiger partial charge on any atom is 0.161 e. The van der Waals surface area contributed by atoms with Gasteiger partial charge in [0.2, 0.25) is 0 Å². The molecule has 0 amide bonds. The van der Waals surface area contributed by atoms with E-state index in [9.17, 15) is 0 Å². The summed E-state index contributed by atoms with van der Waals surface area (Å²) in [5.74, 6) is 1.56. The Bertz CT molecular complexity index is 700. The number of benzene rings is 1. The van der Waals surface area contributed by atoms with Crippen LogP contribution in [-0.4, -0.2) is 42.4 Å². The molecule has 0 saturated carbocycles. The van der Waals surface area contributed by atoms with Gasteiger partial charge in [-0.3, -0.25) is 9.88 Å². The van der Waals surface area contributed by atoms with Crippen LogP contribution >= 0.6 is 0 Å². The maximum atomic E-state index is 5.86.